The smallest absolute Gasteiger partial charge is 0.231 e. The molecule has 0 aromatic carbocycles. The van der Waals surface area contributed by atoms with E-state index in [9.17, 15) is 4.79 Å². The molecule has 1 amide bonds. The largest absolute Gasteiger partial charge is 0.384 e. The van der Waals surface area contributed by atoms with Gasteiger partial charge in [0.25, 0.3) is 0 Å². The molecule has 0 bridgehead atoms. The molecule has 4 nitrogen and oxygen atoms in total. The normalized spacial score (nSPS) is 25.5. The number of ether oxygens (including phenoxy) is 1. The van der Waals surface area contributed by atoms with E-state index in [0.717, 1.165) is 63.7 Å². The van der Waals surface area contributed by atoms with Crippen LogP contribution in [0, 0.1) is 17.3 Å². The zero-order valence-electron chi connectivity index (χ0n) is 14.4. The van der Waals surface area contributed by atoms with Gasteiger partial charge in [-0.2, -0.15) is 0 Å². The van der Waals surface area contributed by atoms with Crippen molar-refractivity contribution >= 4 is 18.3 Å². The Hall–Kier alpha value is -0.320. The maximum absolute atomic E-state index is 13.1. The third-order valence-corrected chi connectivity index (χ3v) is 5.44. The van der Waals surface area contributed by atoms with Crippen LogP contribution in [0.15, 0.2) is 0 Å². The van der Waals surface area contributed by atoms with Crippen LogP contribution in [0.25, 0.3) is 0 Å². The van der Waals surface area contributed by atoms with Gasteiger partial charge in [-0.1, -0.05) is 13.8 Å². The number of nitrogens with one attached hydrogen (secondary N) is 1. The van der Waals surface area contributed by atoms with E-state index in [1.807, 2.05) is 0 Å². The molecule has 0 aliphatic carbocycles. The standard InChI is InChI=1S/C17H32N2O2.ClH/c1-14(2)15-5-4-11-19(12-6-15)16(20)17(13-21-3)7-9-18-10-8-17;/h14-15,18H,4-13H2,1-3H3;1H. The Bertz CT molecular complexity index is 338. The van der Waals surface area contributed by atoms with Crippen LogP contribution in [0.5, 0.6) is 0 Å². The first-order chi connectivity index (χ1) is 10.1. The van der Waals surface area contributed by atoms with Gasteiger partial charge in [0.2, 0.25) is 5.91 Å². The number of hydrogen-bond acceptors (Lipinski definition) is 3. The molecule has 0 saturated carbocycles. The fourth-order valence-electron chi connectivity index (χ4n) is 3.93. The molecule has 2 aliphatic rings. The molecular formula is C17H33ClN2O2. The molecule has 0 aromatic rings. The lowest BCUT2D eigenvalue weighted by atomic mass is 9.78. The summed E-state index contributed by atoms with van der Waals surface area (Å²) in [5, 5.41) is 3.36. The molecular weight excluding hydrogens is 300 g/mol. The van der Waals surface area contributed by atoms with Crippen molar-refractivity contribution in [2.75, 3.05) is 39.9 Å². The average Bonchev–Trinajstić information content (AvgIpc) is 2.73. The van der Waals surface area contributed by atoms with E-state index in [1.165, 1.54) is 6.42 Å². The molecule has 1 unspecified atom stereocenters. The summed E-state index contributed by atoms with van der Waals surface area (Å²) >= 11 is 0. The van der Waals surface area contributed by atoms with Crippen LogP contribution < -0.4 is 5.32 Å². The highest BCUT2D eigenvalue weighted by Gasteiger charge is 2.42. The number of piperidine rings is 1. The lowest BCUT2D eigenvalue weighted by Crippen LogP contribution is -2.51. The van der Waals surface area contributed by atoms with Crippen molar-refractivity contribution in [1.29, 1.82) is 0 Å². The van der Waals surface area contributed by atoms with Crippen molar-refractivity contribution in [2.45, 2.75) is 46.0 Å². The first-order valence-electron chi connectivity index (χ1n) is 8.58. The topological polar surface area (TPSA) is 41.6 Å². The fourth-order valence-corrected chi connectivity index (χ4v) is 3.93. The quantitative estimate of drug-likeness (QED) is 0.860. The van der Waals surface area contributed by atoms with Crippen molar-refractivity contribution in [3.05, 3.63) is 0 Å². The Labute approximate surface area is 141 Å². The van der Waals surface area contributed by atoms with Crippen LogP contribution in [0.1, 0.15) is 46.0 Å². The SMILES string of the molecule is COCC1(C(=O)N2CCCC(C(C)C)CC2)CCNCC1.Cl. The van der Waals surface area contributed by atoms with E-state index in [-0.39, 0.29) is 17.8 Å². The molecule has 22 heavy (non-hydrogen) atoms. The van der Waals surface area contributed by atoms with Crippen molar-refractivity contribution in [3.8, 4) is 0 Å². The third kappa shape index (κ3) is 4.59. The lowest BCUT2D eigenvalue weighted by molar-refractivity contribution is -0.147. The van der Waals surface area contributed by atoms with Crippen molar-refractivity contribution < 1.29 is 9.53 Å². The van der Waals surface area contributed by atoms with Gasteiger partial charge >= 0.3 is 0 Å². The number of methoxy groups -OCH3 is 1. The van der Waals surface area contributed by atoms with Crippen molar-refractivity contribution in [2.24, 2.45) is 17.3 Å². The summed E-state index contributed by atoms with van der Waals surface area (Å²) in [5.41, 5.74) is -0.280. The van der Waals surface area contributed by atoms with Gasteiger partial charge in [0.1, 0.15) is 0 Å². The van der Waals surface area contributed by atoms with Gasteiger partial charge in [-0.25, -0.2) is 0 Å². The molecule has 1 atom stereocenters. The van der Waals surface area contributed by atoms with E-state index in [4.69, 9.17) is 4.74 Å². The van der Waals surface area contributed by atoms with Crippen molar-refractivity contribution in [3.63, 3.8) is 0 Å². The monoisotopic (exact) mass is 332 g/mol. The van der Waals surface area contributed by atoms with Crippen LogP contribution >= 0.6 is 12.4 Å². The van der Waals surface area contributed by atoms with E-state index in [2.05, 4.69) is 24.1 Å². The molecule has 0 spiro atoms. The summed E-state index contributed by atoms with van der Waals surface area (Å²) in [6.07, 6.45) is 5.38. The predicted octanol–water partition coefficient (Wildman–Crippen LogP) is 2.71. The van der Waals surface area contributed by atoms with Gasteiger partial charge in [-0.3, -0.25) is 4.79 Å². The van der Waals surface area contributed by atoms with E-state index >= 15 is 0 Å². The van der Waals surface area contributed by atoms with E-state index in [1.54, 1.807) is 7.11 Å². The molecule has 130 valence electrons. The number of hydrogen-bond donors (Lipinski definition) is 1. The Morgan fingerprint density at radius 1 is 1.27 bits per heavy atom. The zero-order valence-corrected chi connectivity index (χ0v) is 15.2. The number of rotatable bonds is 4. The highest BCUT2D eigenvalue weighted by Crippen LogP contribution is 2.33. The van der Waals surface area contributed by atoms with Crippen molar-refractivity contribution in [1.82, 2.24) is 10.2 Å². The highest BCUT2D eigenvalue weighted by atomic mass is 35.5. The van der Waals surface area contributed by atoms with Gasteiger partial charge in [0.15, 0.2) is 0 Å². The summed E-state index contributed by atoms with van der Waals surface area (Å²) in [6, 6.07) is 0. The Kier molecular flexibility index (Phi) is 8.15. The second-order valence-electron chi connectivity index (χ2n) is 7.19. The van der Waals surface area contributed by atoms with Crippen LogP contribution in [-0.4, -0.2) is 50.7 Å². The van der Waals surface area contributed by atoms with E-state index in [0.29, 0.717) is 12.5 Å². The Morgan fingerprint density at radius 3 is 2.55 bits per heavy atom. The molecule has 2 heterocycles. The second kappa shape index (κ2) is 9.09. The molecule has 2 aliphatic heterocycles. The van der Waals surface area contributed by atoms with E-state index < -0.39 is 0 Å². The second-order valence-corrected chi connectivity index (χ2v) is 7.19. The van der Waals surface area contributed by atoms with Gasteiger partial charge in [-0.05, 0) is 57.0 Å². The lowest BCUT2D eigenvalue weighted by Gasteiger charge is -2.39. The number of carbonyl (C=O) groups excluding carboxylic acids is 1. The molecule has 0 radical (unpaired) electrons. The van der Waals surface area contributed by atoms with Crippen LogP contribution in [0.3, 0.4) is 0 Å². The maximum atomic E-state index is 13.1. The molecule has 2 fully saturated rings. The summed E-state index contributed by atoms with van der Waals surface area (Å²) in [5.74, 6) is 1.84. The number of halogens is 1. The number of amides is 1. The first-order valence-corrected chi connectivity index (χ1v) is 8.58. The van der Waals surface area contributed by atoms with Gasteiger partial charge in [0, 0.05) is 20.2 Å². The molecule has 2 saturated heterocycles. The fraction of sp³-hybridized carbons (Fsp3) is 0.941. The van der Waals surface area contributed by atoms with Crippen LogP contribution in [0.4, 0.5) is 0 Å². The van der Waals surface area contributed by atoms with Gasteiger partial charge in [0.05, 0.1) is 12.0 Å². The Morgan fingerprint density at radius 2 is 1.95 bits per heavy atom. The third-order valence-electron chi connectivity index (χ3n) is 5.44. The first kappa shape index (κ1) is 19.7. The molecule has 5 heteroatoms. The minimum Gasteiger partial charge on any atom is -0.384 e. The van der Waals surface area contributed by atoms with Gasteiger partial charge in [-0.15, -0.1) is 12.4 Å². The molecule has 0 aromatic heterocycles. The molecule has 2 rings (SSSR count). The van der Waals surface area contributed by atoms with Gasteiger partial charge < -0.3 is 15.0 Å². The van der Waals surface area contributed by atoms with Crippen LogP contribution in [0.2, 0.25) is 0 Å². The summed E-state index contributed by atoms with van der Waals surface area (Å²) < 4.78 is 5.41. The predicted molar refractivity (Wildman–Crippen MR) is 92.4 cm³/mol. The summed E-state index contributed by atoms with van der Waals surface area (Å²) in [6.45, 7) is 8.90. The number of likely N-dealkylation sites (tertiary alicyclic amines) is 1. The average molecular weight is 333 g/mol. The zero-order chi connectivity index (χ0) is 15.3. The highest BCUT2D eigenvalue weighted by molar-refractivity contribution is 5.85. The number of carbonyl (C=O) groups is 1. The number of nitrogens with zero attached hydrogens (tertiary/aromatic N) is 1. The van der Waals surface area contributed by atoms with Crippen LogP contribution in [-0.2, 0) is 9.53 Å². The minimum atomic E-state index is -0.280. The minimum absolute atomic E-state index is 0. The summed E-state index contributed by atoms with van der Waals surface area (Å²) in [7, 11) is 1.72. The maximum Gasteiger partial charge on any atom is 0.231 e. The molecule has 1 N–H and O–H groups in total. The summed E-state index contributed by atoms with van der Waals surface area (Å²) in [4.78, 5) is 15.2. The Balaban J connectivity index is 0.00000242.